The van der Waals surface area contributed by atoms with Crippen LogP contribution in [0.5, 0.6) is 0 Å². The molecule has 40 heavy (non-hydrogen) atoms. The first-order valence-corrected chi connectivity index (χ1v) is 13.6. The zero-order chi connectivity index (χ0) is 26.5. The second-order valence-corrected chi connectivity index (χ2v) is 10.2. The molecule has 1 heterocycles. The van der Waals surface area contributed by atoms with Crippen LogP contribution in [-0.4, -0.2) is 0 Å². The quantitative estimate of drug-likeness (QED) is 0.234. The van der Waals surface area contributed by atoms with Gasteiger partial charge in [0.2, 0.25) is 0 Å². The molecule has 0 bridgehead atoms. The highest BCUT2D eigenvalue weighted by Crippen LogP contribution is 2.40. The minimum atomic E-state index is 0.898. The molecule has 7 aromatic carbocycles. The van der Waals surface area contributed by atoms with E-state index in [0.29, 0.717) is 0 Å². The third-order valence-corrected chi connectivity index (χ3v) is 7.84. The molecular weight excluding hydrogens is 486 g/mol. The average molecular weight is 512 g/mol. The van der Waals surface area contributed by atoms with Crippen LogP contribution in [0.4, 0.5) is 17.1 Å². The van der Waals surface area contributed by atoms with Crippen LogP contribution in [0.2, 0.25) is 0 Å². The van der Waals surface area contributed by atoms with E-state index in [9.17, 15) is 0 Å². The molecule has 0 saturated heterocycles. The summed E-state index contributed by atoms with van der Waals surface area (Å²) in [7, 11) is 0. The lowest BCUT2D eigenvalue weighted by molar-refractivity contribution is 0.672. The number of furan rings is 1. The highest BCUT2D eigenvalue weighted by atomic mass is 16.3. The highest BCUT2D eigenvalue weighted by molar-refractivity contribution is 6.15. The Morgan fingerprint density at radius 3 is 1.88 bits per heavy atom. The van der Waals surface area contributed by atoms with E-state index < -0.39 is 0 Å². The maximum Gasteiger partial charge on any atom is 0.143 e. The molecule has 0 saturated carbocycles. The predicted molar refractivity (Wildman–Crippen MR) is 169 cm³/mol. The van der Waals surface area contributed by atoms with Gasteiger partial charge in [-0.2, -0.15) is 0 Å². The largest absolute Gasteiger partial charge is 0.455 e. The summed E-state index contributed by atoms with van der Waals surface area (Å²) >= 11 is 0. The average Bonchev–Trinajstić information content (AvgIpc) is 3.40. The van der Waals surface area contributed by atoms with Gasteiger partial charge in [-0.1, -0.05) is 103 Å². The minimum absolute atomic E-state index is 0.898. The van der Waals surface area contributed by atoms with Gasteiger partial charge in [-0.15, -0.1) is 0 Å². The Morgan fingerprint density at radius 1 is 0.400 bits per heavy atom. The maximum absolute atomic E-state index is 6.39. The first-order valence-electron chi connectivity index (χ1n) is 13.6. The zero-order valence-corrected chi connectivity index (χ0v) is 21.8. The van der Waals surface area contributed by atoms with Crippen molar-refractivity contribution in [3.05, 3.63) is 152 Å². The summed E-state index contributed by atoms with van der Waals surface area (Å²) in [6.07, 6.45) is 0. The zero-order valence-electron chi connectivity index (χ0n) is 21.8. The summed E-state index contributed by atoms with van der Waals surface area (Å²) in [6, 6.07) is 53.8. The predicted octanol–water partition coefficient (Wildman–Crippen LogP) is 11.0. The van der Waals surface area contributed by atoms with E-state index in [1.165, 1.54) is 27.3 Å². The van der Waals surface area contributed by atoms with E-state index in [0.717, 1.165) is 44.4 Å². The summed E-state index contributed by atoms with van der Waals surface area (Å²) in [6.45, 7) is 0. The third-order valence-electron chi connectivity index (χ3n) is 7.84. The molecular formula is C38H25NO. The molecule has 0 spiro atoms. The SMILES string of the molecule is c1ccc(N(c2ccc(-c3cccc4ccccc34)cc2)c2ccc3oc4c5ccccc5ccc4c3c2)cc1. The molecule has 188 valence electrons. The van der Waals surface area contributed by atoms with Crippen molar-refractivity contribution >= 4 is 60.5 Å². The van der Waals surface area contributed by atoms with E-state index in [2.05, 4.69) is 157 Å². The molecule has 8 aromatic rings. The number of anilines is 3. The summed E-state index contributed by atoms with van der Waals surface area (Å²) in [5.41, 5.74) is 7.59. The first kappa shape index (κ1) is 22.6. The lowest BCUT2D eigenvalue weighted by Gasteiger charge is -2.25. The Bertz CT molecular complexity index is 2150. The fourth-order valence-electron chi connectivity index (χ4n) is 5.92. The van der Waals surface area contributed by atoms with Crippen LogP contribution in [0.1, 0.15) is 0 Å². The number of hydrogen-bond acceptors (Lipinski definition) is 2. The molecule has 0 N–H and O–H groups in total. The number of nitrogens with zero attached hydrogens (tertiary/aromatic N) is 1. The van der Waals surface area contributed by atoms with Crippen molar-refractivity contribution in [2.24, 2.45) is 0 Å². The monoisotopic (exact) mass is 511 g/mol. The first-order chi connectivity index (χ1) is 19.8. The summed E-state index contributed by atoms with van der Waals surface area (Å²) < 4.78 is 6.39. The van der Waals surface area contributed by atoms with Crippen LogP contribution >= 0.6 is 0 Å². The normalized spacial score (nSPS) is 11.5. The number of para-hydroxylation sites is 1. The van der Waals surface area contributed by atoms with Gasteiger partial charge in [0.25, 0.3) is 0 Å². The van der Waals surface area contributed by atoms with Gasteiger partial charge in [0.05, 0.1) is 0 Å². The Morgan fingerprint density at radius 2 is 1.05 bits per heavy atom. The maximum atomic E-state index is 6.39. The number of fused-ring (bicyclic) bond motifs is 6. The fourth-order valence-corrected chi connectivity index (χ4v) is 5.92. The van der Waals surface area contributed by atoms with Crippen molar-refractivity contribution < 1.29 is 4.42 Å². The van der Waals surface area contributed by atoms with Crippen molar-refractivity contribution in [1.82, 2.24) is 0 Å². The van der Waals surface area contributed by atoms with E-state index >= 15 is 0 Å². The van der Waals surface area contributed by atoms with Crippen LogP contribution in [0, 0.1) is 0 Å². The Balaban J connectivity index is 1.27. The van der Waals surface area contributed by atoms with Crippen molar-refractivity contribution in [1.29, 1.82) is 0 Å². The lowest BCUT2D eigenvalue weighted by atomic mass is 9.98. The Hall–Kier alpha value is -5.34. The van der Waals surface area contributed by atoms with Crippen LogP contribution in [-0.2, 0) is 0 Å². The van der Waals surface area contributed by atoms with Crippen molar-refractivity contribution in [3.8, 4) is 11.1 Å². The van der Waals surface area contributed by atoms with Crippen molar-refractivity contribution in [3.63, 3.8) is 0 Å². The van der Waals surface area contributed by atoms with Gasteiger partial charge in [0, 0.05) is 33.2 Å². The van der Waals surface area contributed by atoms with Gasteiger partial charge in [-0.25, -0.2) is 0 Å². The van der Waals surface area contributed by atoms with Crippen molar-refractivity contribution in [2.45, 2.75) is 0 Å². The molecule has 0 amide bonds. The van der Waals surface area contributed by atoms with E-state index in [-0.39, 0.29) is 0 Å². The minimum Gasteiger partial charge on any atom is -0.455 e. The second-order valence-electron chi connectivity index (χ2n) is 10.2. The van der Waals surface area contributed by atoms with Crippen LogP contribution < -0.4 is 4.90 Å². The van der Waals surface area contributed by atoms with Gasteiger partial charge in [0.1, 0.15) is 11.2 Å². The summed E-state index contributed by atoms with van der Waals surface area (Å²) in [5, 5.41) is 7.10. The van der Waals surface area contributed by atoms with Gasteiger partial charge in [-0.05, 0) is 75.8 Å². The molecule has 0 atom stereocenters. The molecule has 2 nitrogen and oxygen atoms in total. The standard InChI is InChI=1S/C38H25NO/c1-2-12-29(13-3-1)39(30-20-17-28(18-21-30)33-16-8-11-26-9-4-6-14-32(26)33)31-22-24-37-36(25-31)35-23-19-27-10-5-7-15-34(27)38(35)40-37/h1-25H. The second kappa shape index (κ2) is 9.14. The summed E-state index contributed by atoms with van der Waals surface area (Å²) in [5.74, 6) is 0. The Kier molecular flexibility index (Phi) is 5.17. The Labute approximate surface area is 232 Å². The molecule has 0 fully saturated rings. The lowest BCUT2D eigenvalue weighted by Crippen LogP contribution is -2.09. The van der Waals surface area contributed by atoms with Gasteiger partial charge >= 0.3 is 0 Å². The van der Waals surface area contributed by atoms with E-state index in [4.69, 9.17) is 4.42 Å². The summed E-state index contributed by atoms with van der Waals surface area (Å²) in [4.78, 5) is 2.31. The van der Waals surface area contributed by atoms with E-state index in [1.54, 1.807) is 0 Å². The fraction of sp³-hybridized carbons (Fsp3) is 0. The molecule has 0 unspecified atom stereocenters. The number of benzene rings is 7. The van der Waals surface area contributed by atoms with E-state index in [1.807, 2.05) is 0 Å². The van der Waals surface area contributed by atoms with Gasteiger partial charge in [-0.3, -0.25) is 0 Å². The number of rotatable bonds is 4. The molecule has 8 rings (SSSR count). The smallest absolute Gasteiger partial charge is 0.143 e. The molecule has 1 aromatic heterocycles. The molecule has 0 aliphatic carbocycles. The molecule has 0 radical (unpaired) electrons. The van der Waals surface area contributed by atoms with Gasteiger partial charge in [0.15, 0.2) is 0 Å². The van der Waals surface area contributed by atoms with Crippen LogP contribution in [0.25, 0.3) is 54.6 Å². The topological polar surface area (TPSA) is 16.4 Å². The van der Waals surface area contributed by atoms with Crippen molar-refractivity contribution in [2.75, 3.05) is 4.90 Å². The number of hydrogen-bond donors (Lipinski definition) is 0. The third kappa shape index (κ3) is 3.65. The molecule has 2 heteroatoms. The van der Waals surface area contributed by atoms with Gasteiger partial charge < -0.3 is 9.32 Å². The molecule has 0 aliphatic heterocycles. The highest BCUT2D eigenvalue weighted by Gasteiger charge is 2.16. The van der Waals surface area contributed by atoms with Crippen LogP contribution in [0.3, 0.4) is 0 Å². The molecule has 0 aliphatic rings. The van der Waals surface area contributed by atoms with Crippen LogP contribution in [0.15, 0.2) is 156 Å².